The average molecular weight is 319 g/mol. The summed E-state index contributed by atoms with van der Waals surface area (Å²) >= 11 is 3.36. The van der Waals surface area contributed by atoms with E-state index >= 15 is 0 Å². The maximum absolute atomic E-state index is 11.3. The SMILES string of the molecule is COC(=O)C(Br)CNC1CC2CCCC(C1)N2C. The molecular formula is C13H23BrN2O2. The Morgan fingerprint density at radius 3 is 2.61 bits per heavy atom. The maximum Gasteiger partial charge on any atom is 0.320 e. The molecular weight excluding hydrogens is 296 g/mol. The lowest BCUT2D eigenvalue weighted by Crippen LogP contribution is -2.55. The predicted molar refractivity (Wildman–Crippen MR) is 74.9 cm³/mol. The minimum Gasteiger partial charge on any atom is -0.468 e. The van der Waals surface area contributed by atoms with Gasteiger partial charge < -0.3 is 15.0 Å². The number of piperidine rings is 2. The number of esters is 1. The lowest BCUT2D eigenvalue weighted by atomic mass is 9.82. The van der Waals surface area contributed by atoms with Gasteiger partial charge in [0.05, 0.1) is 7.11 Å². The molecule has 0 radical (unpaired) electrons. The summed E-state index contributed by atoms with van der Waals surface area (Å²) < 4.78 is 4.71. The van der Waals surface area contributed by atoms with Crippen molar-refractivity contribution in [1.29, 1.82) is 0 Å². The minimum absolute atomic E-state index is 0.198. The van der Waals surface area contributed by atoms with E-state index in [0.717, 1.165) is 12.1 Å². The third-order valence-electron chi connectivity index (χ3n) is 4.38. The number of halogens is 1. The van der Waals surface area contributed by atoms with Crippen molar-refractivity contribution in [3.05, 3.63) is 0 Å². The normalized spacial score (nSPS) is 34.1. The molecule has 0 spiro atoms. The number of nitrogens with one attached hydrogen (secondary N) is 1. The number of hydrogen-bond acceptors (Lipinski definition) is 4. The number of carbonyl (C=O) groups excluding carboxylic acids is 1. The van der Waals surface area contributed by atoms with Crippen LogP contribution in [-0.2, 0) is 9.53 Å². The molecule has 0 aromatic carbocycles. The van der Waals surface area contributed by atoms with E-state index in [0.29, 0.717) is 12.6 Å². The summed E-state index contributed by atoms with van der Waals surface area (Å²) in [5, 5.41) is 3.51. The van der Waals surface area contributed by atoms with Crippen LogP contribution in [0.5, 0.6) is 0 Å². The quantitative estimate of drug-likeness (QED) is 0.630. The highest BCUT2D eigenvalue weighted by molar-refractivity contribution is 9.10. The van der Waals surface area contributed by atoms with Crippen molar-refractivity contribution in [2.45, 2.75) is 55.1 Å². The Hall–Kier alpha value is -0.130. The first kappa shape index (κ1) is 14.3. The number of carbonyl (C=O) groups is 1. The van der Waals surface area contributed by atoms with Gasteiger partial charge in [-0.3, -0.25) is 4.79 Å². The van der Waals surface area contributed by atoms with Crippen molar-refractivity contribution in [2.75, 3.05) is 20.7 Å². The van der Waals surface area contributed by atoms with Gasteiger partial charge >= 0.3 is 5.97 Å². The molecule has 0 aromatic rings. The molecule has 0 aromatic heterocycles. The fourth-order valence-electron chi connectivity index (χ4n) is 3.26. The molecule has 0 saturated carbocycles. The van der Waals surface area contributed by atoms with Crippen LogP contribution in [0, 0.1) is 0 Å². The summed E-state index contributed by atoms with van der Waals surface area (Å²) in [5.74, 6) is -0.198. The van der Waals surface area contributed by atoms with E-state index in [9.17, 15) is 4.79 Å². The highest BCUT2D eigenvalue weighted by Gasteiger charge is 2.35. The Morgan fingerprint density at radius 1 is 1.44 bits per heavy atom. The number of rotatable bonds is 4. The second-order valence-corrected chi connectivity index (χ2v) is 6.58. The second-order valence-electron chi connectivity index (χ2n) is 5.47. The van der Waals surface area contributed by atoms with Crippen molar-refractivity contribution < 1.29 is 9.53 Å². The van der Waals surface area contributed by atoms with Crippen molar-refractivity contribution >= 4 is 21.9 Å². The molecule has 2 saturated heterocycles. The average Bonchev–Trinajstić information content (AvgIpc) is 2.35. The fraction of sp³-hybridized carbons (Fsp3) is 0.923. The summed E-state index contributed by atoms with van der Waals surface area (Å²) in [5.41, 5.74) is 0. The zero-order chi connectivity index (χ0) is 13.1. The first-order valence-corrected chi connectivity index (χ1v) is 7.70. The Bertz CT molecular complexity index is 287. The maximum atomic E-state index is 11.3. The molecule has 4 nitrogen and oxygen atoms in total. The summed E-state index contributed by atoms with van der Waals surface area (Å²) in [6.45, 7) is 0.653. The van der Waals surface area contributed by atoms with Gasteiger partial charge in [0, 0.05) is 24.7 Å². The number of methoxy groups -OCH3 is 1. The van der Waals surface area contributed by atoms with E-state index in [1.165, 1.54) is 39.2 Å². The Morgan fingerprint density at radius 2 is 2.06 bits per heavy atom. The third-order valence-corrected chi connectivity index (χ3v) is 5.08. The van der Waals surface area contributed by atoms with Gasteiger partial charge in [-0.1, -0.05) is 22.4 Å². The highest BCUT2D eigenvalue weighted by atomic mass is 79.9. The molecule has 3 atom stereocenters. The standard InChI is InChI=1S/C13H23BrN2O2/c1-16-10-4-3-5-11(16)7-9(6-10)15-8-12(14)13(17)18-2/h9-12,15H,3-8H2,1-2H3. The lowest BCUT2D eigenvalue weighted by molar-refractivity contribution is -0.139. The molecule has 104 valence electrons. The van der Waals surface area contributed by atoms with Crippen LogP contribution in [0.25, 0.3) is 0 Å². The van der Waals surface area contributed by atoms with E-state index < -0.39 is 0 Å². The van der Waals surface area contributed by atoms with Gasteiger partial charge in [0.2, 0.25) is 0 Å². The molecule has 2 bridgehead atoms. The third kappa shape index (κ3) is 3.25. The molecule has 2 aliphatic heterocycles. The number of ether oxygens (including phenoxy) is 1. The molecule has 0 amide bonds. The minimum atomic E-state index is -0.234. The van der Waals surface area contributed by atoms with Crippen molar-refractivity contribution in [1.82, 2.24) is 10.2 Å². The zero-order valence-corrected chi connectivity index (χ0v) is 12.8. The van der Waals surface area contributed by atoms with Crippen LogP contribution in [0.3, 0.4) is 0 Å². The largest absolute Gasteiger partial charge is 0.468 e. The van der Waals surface area contributed by atoms with Gasteiger partial charge in [-0.2, -0.15) is 0 Å². The van der Waals surface area contributed by atoms with E-state index in [1.807, 2.05) is 0 Å². The molecule has 2 aliphatic rings. The number of alkyl halides is 1. The molecule has 2 heterocycles. The second kappa shape index (κ2) is 6.35. The van der Waals surface area contributed by atoms with Gasteiger partial charge in [0.15, 0.2) is 0 Å². The van der Waals surface area contributed by atoms with Crippen LogP contribution < -0.4 is 5.32 Å². The van der Waals surface area contributed by atoms with E-state index in [1.54, 1.807) is 0 Å². The topological polar surface area (TPSA) is 41.6 Å². The summed E-state index contributed by atoms with van der Waals surface area (Å²) in [6, 6.07) is 1.99. The van der Waals surface area contributed by atoms with Gasteiger partial charge in [0.1, 0.15) is 4.83 Å². The molecule has 5 heteroatoms. The van der Waals surface area contributed by atoms with E-state index in [4.69, 9.17) is 4.74 Å². The number of hydrogen-bond donors (Lipinski definition) is 1. The zero-order valence-electron chi connectivity index (χ0n) is 11.2. The molecule has 1 N–H and O–H groups in total. The fourth-order valence-corrected chi connectivity index (χ4v) is 3.64. The van der Waals surface area contributed by atoms with Crippen LogP contribution in [0.2, 0.25) is 0 Å². The number of fused-ring (bicyclic) bond motifs is 2. The van der Waals surface area contributed by atoms with Crippen molar-refractivity contribution in [2.24, 2.45) is 0 Å². The van der Waals surface area contributed by atoms with Crippen LogP contribution in [0.4, 0.5) is 0 Å². The Labute approximate surface area is 118 Å². The van der Waals surface area contributed by atoms with Crippen LogP contribution >= 0.6 is 15.9 Å². The van der Waals surface area contributed by atoms with Crippen LogP contribution in [0.15, 0.2) is 0 Å². The Kier molecular flexibility index (Phi) is 5.04. The summed E-state index contributed by atoms with van der Waals surface area (Å²) in [6.07, 6.45) is 6.41. The van der Waals surface area contributed by atoms with Crippen molar-refractivity contribution in [3.63, 3.8) is 0 Å². The van der Waals surface area contributed by atoms with Gasteiger partial charge in [0.25, 0.3) is 0 Å². The molecule has 3 unspecified atom stereocenters. The number of nitrogens with zero attached hydrogens (tertiary/aromatic N) is 1. The summed E-state index contributed by atoms with van der Waals surface area (Å²) in [7, 11) is 3.68. The first-order valence-electron chi connectivity index (χ1n) is 6.79. The molecule has 18 heavy (non-hydrogen) atoms. The molecule has 0 aliphatic carbocycles. The van der Waals surface area contributed by atoms with Gasteiger partial charge in [-0.25, -0.2) is 0 Å². The van der Waals surface area contributed by atoms with Gasteiger partial charge in [-0.15, -0.1) is 0 Å². The molecule has 2 fully saturated rings. The highest BCUT2D eigenvalue weighted by Crippen LogP contribution is 2.32. The predicted octanol–water partition coefficient (Wildman–Crippen LogP) is 1.53. The van der Waals surface area contributed by atoms with Gasteiger partial charge in [-0.05, 0) is 32.7 Å². The van der Waals surface area contributed by atoms with E-state index in [2.05, 4.69) is 33.2 Å². The molecule has 2 rings (SSSR count). The monoisotopic (exact) mass is 318 g/mol. The van der Waals surface area contributed by atoms with Crippen molar-refractivity contribution in [3.8, 4) is 0 Å². The van der Waals surface area contributed by atoms with Crippen LogP contribution in [-0.4, -0.2) is 54.5 Å². The smallest absolute Gasteiger partial charge is 0.320 e. The van der Waals surface area contributed by atoms with Crippen LogP contribution in [0.1, 0.15) is 32.1 Å². The summed E-state index contributed by atoms with van der Waals surface area (Å²) in [4.78, 5) is 13.6. The van der Waals surface area contributed by atoms with E-state index in [-0.39, 0.29) is 10.8 Å². The first-order chi connectivity index (χ1) is 8.61. The Balaban J connectivity index is 1.79. The lowest BCUT2D eigenvalue weighted by Gasteiger charge is -2.47.